The first-order chi connectivity index (χ1) is 12.6. The zero-order chi connectivity index (χ0) is 18.1. The molecule has 1 saturated heterocycles. The van der Waals surface area contributed by atoms with E-state index in [9.17, 15) is 4.79 Å². The number of para-hydroxylation sites is 1. The van der Waals surface area contributed by atoms with Gasteiger partial charge in [-0.15, -0.1) is 0 Å². The first-order valence-corrected chi connectivity index (χ1v) is 8.44. The van der Waals surface area contributed by atoms with Crippen LogP contribution in [0.25, 0.3) is 5.69 Å². The summed E-state index contributed by atoms with van der Waals surface area (Å²) in [4.78, 5) is 23.3. The molecule has 2 atom stereocenters. The first-order valence-electron chi connectivity index (χ1n) is 8.44. The topological polar surface area (TPSA) is 86.3 Å². The first kappa shape index (κ1) is 16.5. The predicted molar refractivity (Wildman–Crippen MR) is 91.8 cm³/mol. The Morgan fingerprint density at radius 3 is 2.77 bits per heavy atom. The van der Waals surface area contributed by atoms with Gasteiger partial charge in [-0.2, -0.15) is 4.98 Å². The molecule has 26 heavy (non-hydrogen) atoms. The quantitative estimate of drug-likeness (QED) is 0.717. The highest BCUT2D eigenvalue weighted by Crippen LogP contribution is 2.25. The number of carbonyl (C=O) groups is 1. The summed E-state index contributed by atoms with van der Waals surface area (Å²) in [6.45, 7) is 4.51. The molecule has 3 heterocycles. The highest BCUT2D eigenvalue weighted by molar-refractivity contribution is 5.93. The van der Waals surface area contributed by atoms with Crippen LogP contribution in [0.2, 0.25) is 0 Å². The van der Waals surface area contributed by atoms with Crippen molar-refractivity contribution in [3.63, 3.8) is 0 Å². The number of morpholine rings is 1. The van der Waals surface area contributed by atoms with Gasteiger partial charge in [-0.05, 0) is 26.0 Å². The molecule has 0 aliphatic carbocycles. The molecule has 2 aromatic heterocycles. The van der Waals surface area contributed by atoms with Crippen molar-refractivity contribution in [3.05, 3.63) is 60.3 Å². The molecule has 0 spiro atoms. The molecule has 0 saturated carbocycles. The largest absolute Gasteiger partial charge is 0.362 e. The molecule has 0 radical (unpaired) electrons. The van der Waals surface area contributed by atoms with Gasteiger partial charge in [0.25, 0.3) is 11.8 Å². The van der Waals surface area contributed by atoms with E-state index in [1.807, 2.05) is 37.3 Å². The molecule has 1 aliphatic rings. The summed E-state index contributed by atoms with van der Waals surface area (Å²) in [5.74, 6) is 0.827. The van der Waals surface area contributed by atoms with Gasteiger partial charge in [-0.1, -0.05) is 23.4 Å². The Labute approximate surface area is 150 Å². The molecule has 4 rings (SSSR count). The summed E-state index contributed by atoms with van der Waals surface area (Å²) in [5.41, 5.74) is 1.39. The van der Waals surface area contributed by atoms with Gasteiger partial charge in [0.2, 0.25) is 0 Å². The standard InChI is InChI=1S/C18H19N5O3/c1-12-9-22(10-16(25-12)17-20-13(2)21-26-17)18(24)15-8-19-11-23(15)14-6-4-3-5-7-14/h3-8,11-12,16H,9-10H2,1-2H3/t12-,16-/m1/s1. The van der Waals surface area contributed by atoms with Gasteiger partial charge >= 0.3 is 0 Å². The molecule has 1 aliphatic heterocycles. The van der Waals surface area contributed by atoms with Crippen molar-refractivity contribution >= 4 is 5.91 Å². The van der Waals surface area contributed by atoms with Gasteiger partial charge in [0.15, 0.2) is 11.9 Å². The van der Waals surface area contributed by atoms with Crippen LogP contribution in [0.1, 0.15) is 35.2 Å². The summed E-state index contributed by atoms with van der Waals surface area (Å²) in [5, 5.41) is 3.81. The number of hydrogen-bond acceptors (Lipinski definition) is 6. The third-order valence-corrected chi connectivity index (χ3v) is 4.26. The van der Waals surface area contributed by atoms with Crippen molar-refractivity contribution in [3.8, 4) is 5.69 Å². The van der Waals surface area contributed by atoms with Crippen molar-refractivity contribution in [2.45, 2.75) is 26.1 Å². The number of rotatable bonds is 3. The summed E-state index contributed by atoms with van der Waals surface area (Å²) in [6, 6.07) is 9.65. The normalized spacial score (nSPS) is 20.3. The van der Waals surface area contributed by atoms with Gasteiger partial charge in [0.1, 0.15) is 5.69 Å². The Morgan fingerprint density at radius 1 is 1.23 bits per heavy atom. The molecule has 1 aromatic carbocycles. The van der Waals surface area contributed by atoms with Crippen LogP contribution < -0.4 is 0 Å². The average molecular weight is 353 g/mol. The fourth-order valence-electron chi connectivity index (χ4n) is 3.11. The van der Waals surface area contributed by atoms with Crippen LogP contribution in [0.3, 0.4) is 0 Å². The number of hydrogen-bond donors (Lipinski definition) is 0. The Bertz CT molecular complexity index is 904. The molecule has 1 amide bonds. The van der Waals surface area contributed by atoms with Crippen molar-refractivity contribution in [2.24, 2.45) is 0 Å². The molecule has 0 unspecified atom stereocenters. The van der Waals surface area contributed by atoms with Gasteiger partial charge in [-0.3, -0.25) is 9.36 Å². The van der Waals surface area contributed by atoms with E-state index in [0.29, 0.717) is 30.5 Å². The lowest BCUT2D eigenvalue weighted by Crippen LogP contribution is -2.46. The van der Waals surface area contributed by atoms with Crippen LogP contribution in [0, 0.1) is 6.92 Å². The number of nitrogens with zero attached hydrogens (tertiary/aromatic N) is 5. The average Bonchev–Trinajstić information content (AvgIpc) is 3.30. The number of aromatic nitrogens is 4. The smallest absolute Gasteiger partial charge is 0.272 e. The van der Waals surface area contributed by atoms with E-state index in [-0.39, 0.29) is 12.0 Å². The zero-order valence-corrected chi connectivity index (χ0v) is 14.6. The van der Waals surface area contributed by atoms with Gasteiger partial charge < -0.3 is 14.2 Å². The molecule has 0 bridgehead atoms. The third kappa shape index (κ3) is 3.11. The maximum atomic E-state index is 13.1. The van der Waals surface area contributed by atoms with E-state index < -0.39 is 6.10 Å². The van der Waals surface area contributed by atoms with E-state index in [1.54, 1.807) is 28.9 Å². The second-order valence-corrected chi connectivity index (χ2v) is 6.31. The van der Waals surface area contributed by atoms with Crippen molar-refractivity contribution < 1.29 is 14.1 Å². The summed E-state index contributed by atoms with van der Waals surface area (Å²) in [7, 11) is 0. The fourth-order valence-corrected chi connectivity index (χ4v) is 3.11. The second-order valence-electron chi connectivity index (χ2n) is 6.31. The number of amides is 1. The predicted octanol–water partition coefficient (Wildman–Crippen LogP) is 2.17. The number of benzene rings is 1. The van der Waals surface area contributed by atoms with Crippen molar-refractivity contribution in [2.75, 3.05) is 13.1 Å². The minimum absolute atomic E-state index is 0.109. The van der Waals surface area contributed by atoms with Gasteiger partial charge in [0.05, 0.1) is 25.2 Å². The van der Waals surface area contributed by atoms with Gasteiger partial charge in [-0.25, -0.2) is 4.98 Å². The van der Waals surface area contributed by atoms with Crippen LogP contribution in [-0.2, 0) is 4.74 Å². The van der Waals surface area contributed by atoms with Crippen LogP contribution in [-0.4, -0.2) is 49.7 Å². The number of imidazole rings is 1. The lowest BCUT2D eigenvalue weighted by Gasteiger charge is -2.35. The lowest BCUT2D eigenvalue weighted by molar-refractivity contribution is -0.0811. The number of carbonyl (C=O) groups excluding carboxylic acids is 1. The van der Waals surface area contributed by atoms with Crippen molar-refractivity contribution in [1.29, 1.82) is 0 Å². The summed E-state index contributed by atoms with van der Waals surface area (Å²) >= 11 is 0. The summed E-state index contributed by atoms with van der Waals surface area (Å²) in [6.07, 6.45) is 2.65. The van der Waals surface area contributed by atoms with Gasteiger partial charge in [0, 0.05) is 12.2 Å². The summed E-state index contributed by atoms with van der Waals surface area (Å²) < 4.78 is 12.9. The Hall–Kier alpha value is -3.00. The molecule has 1 fully saturated rings. The monoisotopic (exact) mass is 353 g/mol. The van der Waals surface area contributed by atoms with E-state index in [2.05, 4.69) is 15.1 Å². The van der Waals surface area contributed by atoms with E-state index >= 15 is 0 Å². The molecule has 3 aromatic rings. The molecule has 8 heteroatoms. The maximum Gasteiger partial charge on any atom is 0.272 e. The number of ether oxygens (including phenoxy) is 1. The molecular weight excluding hydrogens is 334 g/mol. The maximum absolute atomic E-state index is 13.1. The molecule has 8 nitrogen and oxygen atoms in total. The third-order valence-electron chi connectivity index (χ3n) is 4.26. The highest BCUT2D eigenvalue weighted by atomic mass is 16.5. The lowest BCUT2D eigenvalue weighted by atomic mass is 10.2. The van der Waals surface area contributed by atoms with Crippen LogP contribution in [0.15, 0.2) is 47.4 Å². The SMILES string of the molecule is Cc1noc([C@H]2CN(C(=O)c3cncn3-c3ccccc3)C[C@@H](C)O2)n1. The molecular formula is C18H19N5O3. The molecule has 0 N–H and O–H groups in total. The minimum atomic E-state index is -0.433. The minimum Gasteiger partial charge on any atom is -0.362 e. The van der Waals surface area contributed by atoms with Crippen LogP contribution in [0.5, 0.6) is 0 Å². The zero-order valence-electron chi connectivity index (χ0n) is 14.6. The highest BCUT2D eigenvalue weighted by Gasteiger charge is 2.34. The Kier molecular flexibility index (Phi) is 4.26. The fraction of sp³-hybridized carbons (Fsp3) is 0.333. The second kappa shape index (κ2) is 6.72. The van der Waals surface area contributed by atoms with Crippen LogP contribution >= 0.6 is 0 Å². The Balaban J connectivity index is 1.59. The van der Waals surface area contributed by atoms with E-state index in [1.165, 1.54) is 0 Å². The van der Waals surface area contributed by atoms with E-state index in [4.69, 9.17) is 9.26 Å². The van der Waals surface area contributed by atoms with E-state index in [0.717, 1.165) is 5.69 Å². The Morgan fingerprint density at radius 2 is 2.04 bits per heavy atom. The van der Waals surface area contributed by atoms with Crippen molar-refractivity contribution in [1.82, 2.24) is 24.6 Å². The molecule has 134 valence electrons. The van der Waals surface area contributed by atoms with Crippen LogP contribution in [0.4, 0.5) is 0 Å². The number of aryl methyl sites for hydroxylation is 1.